The number of ether oxygens (including phenoxy) is 2. The Hall–Kier alpha value is -2.51. The Morgan fingerprint density at radius 1 is 1.19 bits per heavy atom. The summed E-state index contributed by atoms with van der Waals surface area (Å²) >= 11 is 0. The number of hydrogen-bond acceptors (Lipinski definition) is 6. The van der Waals surface area contributed by atoms with E-state index < -0.39 is 6.09 Å². The molecule has 2 fully saturated rings. The van der Waals surface area contributed by atoms with Crippen molar-refractivity contribution in [1.29, 1.82) is 0 Å². The van der Waals surface area contributed by atoms with E-state index in [4.69, 9.17) is 9.47 Å². The zero-order chi connectivity index (χ0) is 19.1. The molecule has 2 aliphatic rings. The van der Waals surface area contributed by atoms with Gasteiger partial charge in [-0.1, -0.05) is 0 Å². The molecule has 2 heterocycles. The van der Waals surface area contributed by atoms with Gasteiger partial charge in [-0.15, -0.1) is 0 Å². The van der Waals surface area contributed by atoms with Crippen molar-refractivity contribution >= 4 is 12.2 Å². The quantitative estimate of drug-likeness (QED) is 0.818. The van der Waals surface area contributed by atoms with Gasteiger partial charge in [-0.05, 0) is 56.6 Å². The number of carbonyl (C=O) groups is 2. The third kappa shape index (κ3) is 5.74. The first kappa shape index (κ1) is 19.3. The molecule has 8 nitrogen and oxygen atoms in total. The molecule has 0 aromatic carbocycles. The van der Waals surface area contributed by atoms with Gasteiger partial charge in [0, 0.05) is 25.3 Å². The van der Waals surface area contributed by atoms with Crippen LogP contribution in [0.3, 0.4) is 0 Å². The molecular weight excluding hydrogens is 350 g/mol. The Balaban J connectivity index is 1.31. The summed E-state index contributed by atoms with van der Waals surface area (Å²) in [6.07, 6.45) is 6.40. The molecule has 1 saturated carbocycles. The second kappa shape index (κ2) is 9.43. The lowest BCUT2D eigenvalue weighted by molar-refractivity contribution is 0.0831. The molecule has 8 heteroatoms. The largest absolute Gasteiger partial charge is 0.506 e. The second-order valence-electron chi connectivity index (χ2n) is 7.18. The van der Waals surface area contributed by atoms with Crippen LogP contribution in [0.2, 0.25) is 0 Å². The number of carbonyl (C=O) groups excluding carboxylic acids is 2. The molecule has 0 unspecified atom stereocenters. The summed E-state index contributed by atoms with van der Waals surface area (Å²) in [5.74, 6) is 0.352. The first-order chi connectivity index (χ1) is 13.1. The maximum Gasteiger partial charge on any atom is 0.409 e. The lowest BCUT2D eigenvalue weighted by Crippen LogP contribution is -2.39. The van der Waals surface area contributed by atoms with Gasteiger partial charge in [-0.2, -0.15) is 0 Å². The van der Waals surface area contributed by atoms with Crippen molar-refractivity contribution in [2.75, 3.05) is 19.7 Å². The molecular formula is C19H27N3O5. The predicted molar refractivity (Wildman–Crippen MR) is 97.1 cm³/mol. The van der Waals surface area contributed by atoms with Gasteiger partial charge in [0.25, 0.3) is 0 Å². The van der Waals surface area contributed by atoms with Crippen molar-refractivity contribution in [3.63, 3.8) is 0 Å². The molecule has 148 valence electrons. The monoisotopic (exact) mass is 377 g/mol. The van der Waals surface area contributed by atoms with Crippen LogP contribution in [-0.4, -0.2) is 52.9 Å². The summed E-state index contributed by atoms with van der Waals surface area (Å²) < 4.78 is 10.6. The minimum Gasteiger partial charge on any atom is -0.506 e. The summed E-state index contributed by atoms with van der Waals surface area (Å²) in [7, 11) is 0. The second-order valence-corrected chi connectivity index (χ2v) is 7.18. The minimum absolute atomic E-state index is 0.00860. The average molecular weight is 377 g/mol. The number of rotatable bonds is 5. The van der Waals surface area contributed by atoms with Gasteiger partial charge in [0.1, 0.15) is 18.1 Å². The van der Waals surface area contributed by atoms with Crippen LogP contribution in [0.25, 0.3) is 0 Å². The lowest BCUT2D eigenvalue weighted by atomic mass is 9.86. The normalized spacial score (nSPS) is 22.3. The van der Waals surface area contributed by atoms with Crippen LogP contribution in [0.1, 0.15) is 44.2 Å². The van der Waals surface area contributed by atoms with E-state index in [9.17, 15) is 14.7 Å². The van der Waals surface area contributed by atoms with Crippen molar-refractivity contribution < 1.29 is 24.2 Å². The van der Waals surface area contributed by atoms with Gasteiger partial charge in [0.15, 0.2) is 0 Å². The highest BCUT2D eigenvalue weighted by Gasteiger charge is 2.25. The minimum atomic E-state index is -0.510. The van der Waals surface area contributed by atoms with Crippen LogP contribution < -0.4 is 5.32 Å². The maximum absolute atomic E-state index is 11.9. The van der Waals surface area contributed by atoms with Crippen LogP contribution in [0.15, 0.2) is 18.3 Å². The van der Waals surface area contributed by atoms with Crippen molar-refractivity contribution in [3.05, 3.63) is 24.0 Å². The molecule has 1 aliphatic carbocycles. The molecule has 2 N–H and O–H groups in total. The standard InChI is InChI=1S/C19H27N3O5/c23-17-4-3-9-20-16(17)13-26-18(24)21-15-7-5-14(6-8-15)12-27-19(25)22-10-1-2-11-22/h3-4,9,14-15,23H,1-2,5-8,10-13H2,(H,21,24). The van der Waals surface area contributed by atoms with Gasteiger partial charge >= 0.3 is 12.2 Å². The molecule has 0 radical (unpaired) electrons. The van der Waals surface area contributed by atoms with E-state index in [0.717, 1.165) is 51.6 Å². The Morgan fingerprint density at radius 3 is 2.63 bits per heavy atom. The molecule has 1 aliphatic heterocycles. The highest BCUT2D eigenvalue weighted by molar-refractivity contribution is 5.68. The topological polar surface area (TPSA) is 101 Å². The summed E-state index contributed by atoms with van der Waals surface area (Å²) in [6.45, 7) is 1.98. The number of alkyl carbamates (subject to hydrolysis) is 1. The average Bonchev–Trinajstić information content (AvgIpc) is 3.21. The molecule has 27 heavy (non-hydrogen) atoms. The van der Waals surface area contributed by atoms with E-state index in [0.29, 0.717) is 18.2 Å². The zero-order valence-electron chi connectivity index (χ0n) is 15.4. The number of aromatic nitrogens is 1. The van der Waals surface area contributed by atoms with Crippen LogP contribution in [-0.2, 0) is 16.1 Å². The fourth-order valence-electron chi connectivity index (χ4n) is 3.54. The molecule has 3 rings (SSSR count). The maximum atomic E-state index is 11.9. The van der Waals surface area contributed by atoms with E-state index in [1.54, 1.807) is 11.0 Å². The summed E-state index contributed by atoms with van der Waals surface area (Å²) in [6, 6.07) is 3.17. The summed E-state index contributed by atoms with van der Waals surface area (Å²) in [4.78, 5) is 29.6. The molecule has 0 bridgehead atoms. The van der Waals surface area contributed by atoms with E-state index >= 15 is 0 Å². The number of pyridine rings is 1. The van der Waals surface area contributed by atoms with Gasteiger partial charge in [-0.3, -0.25) is 4.98 Å². The van der Waals surface area contributed by atoms with Crippen molar-refractivity contribution in [1.82, 2.24) is 15.2 Å². The number of nitrogens with zero attached hydrogens (tertiary/aromatic N) is 2. The number of nitrogens with one attached hydrogen (secondary N) is 1. The van der Waals surface area contributed by atoms with Crippen LogP contribution in [0.5, 0.6) is 5.75 Å². The highest BCUT2D eigenvalue weighted by atomic mass is 16.6. The van der Waals surface area contributed by atoms with Crippen LogP contribution >= 0.6 is 0 Å². The van der Waals surface area contributed by atoms with Crippen LogP contribution in [0, 0.1) is 5.92 Å². The Morgan fingerprint density at radius 2 is 1.93 bits per heavy atom. The first-order valence-corrected chi connectivity index (χ1v) is 9.59. The first-order valence-electron chi connectivity index (χ1n) is 9.59. The molecule has 0 atom stereocenters. The van der Waals surface area contributed by atoms with Crippen molar-refractivity contribution in [2.45, 2.75) is 51.2 Å². The Bertz CT molecular complexity index is 640. The Kier molecular flexibility index (Phi) is 6.73. The fourth-order valence-corrected chi connectivity index (χ4v) is 3.54. The molecule has 2 amide bonds. The third-order valence-corrected chi connectivity index (χ3v) is 5.18. The van der Waals surface area contributed by atoms with E-state index in [1.807, 2.05) is 0 Å². The van der Waals surface area contributed by atoms with Gasteiger partial charge in [0.05, 0.1) is 6.61 Å². The predicted octanol–water partition coefficient (Wildman–Crippen LogP) is 2.80. The third-order valence-electron chi connectivity index (χ3n) is 5.18. The smallest absolute Gasteiger partial charge is 0.409 e. The van der Waals surface area contributed by atoms with Gasteiger partial charge in [-0.25, -0.2) is 9.59 Å². The lowest BCUT2D eigenvalue weighted by Gasteiger charge is -2.29. The van der Waals surface area contributed by atoms with E-state index in [1.165, 1.54) is 12.3 Å². The molecule has 1 aromatic heterocycles. The zero-order valence-corrected chi connectivity index (χ0v) is 15.4. The number of likely N-dealkylation sites (tertiary alicyclic amines) is 1. The summed E-state index contributed by atoms with van der Waals surface area (Å²) in [5, 5.41) is 12.5. The van der Waals surface area contributed by atoms with Crippen molar-refractivity contribution in [3.8, 4) is 5.75 Å². The van der Waals surface area contributed by atoms with E-state index in [-0.39, 0.29) is 24.5 Å². The summed E-state index contributed by atoms with van der Waals surface area (Å²) in [5.41, 5.74) is 0.330. The molecule has 0 spiro atoms. The molecule has 1 saturated heterocycles. The highest BCUT2D eigenvalue weighted by Crippen LogP contribution is 2.25. The van der Waals surface area contributed by atoms with Crippen LogP contribution in [0.4, 0.5) is 9.59 Å². The number of aromatic hydroxyl groups is 1. The van der Waals surface area contributed by atoms with Gasteiger partial charge < -0.3 is 24.8 Å². The number of hydrogen-bond donors (Lipinski definition) is 2. The Labute approximate surface area is 158 Å². The fraction of sp³-hybridized carbons (Fsp3) is 0.632. The van der Waals surface area contributed by atoms with E-state index in [2.05, 4.69) is 10.3 Å². The SMILES string of the molecule is O=C(NC1CCC(COC(=O)N2CCCC2)CC1)OCc1ncccc1O. The van der Waals surface area contributed by atoms with Gasteiger partial charge in [0.2, 0.25) is 0 Å². The number of amides is 2. The van der Waals surface area contributed by atoms with Crippen molar-refractivity contribution in [2.24, 2.45) is 5.92 Å². The molecule has 1 aromatic rings.